The van der Waals surface area contributed by atoms with Gasteiger partial charge in [0.1, 0.15) is 0 Å². The van der Waals surface area contributed by atoms with E-state index in [1.54, 1.807) is 10.6 Å². The quantitative estimate of drug-likeness (QED) is 0.243. The summed E-state index contributed by atoms with van der Waals surface area (Å²) in [6.07, 6.45) is -1.56. The SMILES string of the molecule is CCOCCNC(=O)OC(C=O)c1cc2n(c(=O)c1COC)Cc1cc3c(CN(C)C)cccc3nc1-2. The van der Waals surface area contributed by atoms with Crippen LogP contribution in [0.15, 0.2) is 35.1 Å². The molecule has 196 valence electrons. The highest BCUT2D eigenvalue weighted by Crippen LogP contribution is 2.35. The number of carbonyl (C=O) groups excluding carboxylic acids is 2. The van der Waals surface area contributed by atoms with Crippen molar-refractivity contribution in [3.8, 4) is 11.4 Å². The number of benzene rings is 1. The summed E-state index contributed by atoms with van der Waals surface area (Å²) in [4.78, 5) is 44.9. The van der Waals surface area contributed by atoms with Crippen molar-refractivity contribution in [2.24, 2.45) is 0 Å². The molecule has 37 heavy (non-hydrogen) atoms. The molecule has 1 amide bonds. The number of carbonyl (C=O) groups is 2. The number of aromatic nitrogens is 2. The smallest absolute Gasteiger partial charge is 0.408 e. The molecule has 1 aromatic carbocycles. The number of alkyl carbamates (subject to hydrolysis) is 1. The van der Waals surface area contributed by atoms with E-state index in [0.717, 1.165) is 28.6 Å². The van der Waals surface area contributed by atoms with E-state index in [0.29, 0.717) is 37.4 Å². The minimum absolute atomic E-state index is 0.0349. The molecule has 0 bridgehead atoms. The Bertz CT molecular complexity index is 1370. The highest BCUT2D eigenvalue weighted by molar-refractivity contribution is 5.87. The molecule has 0 saturated carbocycles. The lowest BCUT2D eigenvalue weighted by atomic mass is 10.0. The molecule has 3 heterocycles. The van der Waals surface area contributed by atoms with E-state index in [1.165, 1.54) is 7.11 Å². The summed E-state index contributed by atoms with van der Waals surface area (Å²) in [5, 5.41) is 3.58. The van der Waals surface area contributed by atoms with Gasteiger partial charge in [0.05, 0.1) is 42.2 Å². The number of rotatable bonds is 11. The van der Waals surface area contributed by atoms with Gasteiger partial charge in [-0.2, -0.15) is 0 Å². The topological polar surface area (TPSA) is 112 Å². The van der Waals surface area contributed by atoms with Crippen molar-refractivity contribution in [3.05, 3.63) is 62.9 Å². The largest absolute Gasteiger partial charge is 0.434 e. The minimum atomic E-state index is -1.29. The molecule has 4 rings (SSSR count). The van der Waals surface area contributed by atoms with Gasteiger partial charge in [-0.15, -0.1) is 0 Å². The van der Waals surface area contributed by atoms with Gasteiger partial charge >= 0.3 is 6.09 Å². The maximum absolute atomic E-state index is 13.6. The number of aldehydes is 1. The third kappa shape index (κ3) is 5.56. The first-order chi connectivity index (χ1) is 17.9. The molecular formula is C27H32N4O6. The lowest BCUT2D eigenvalue weighted by Gasteiger charge is -2.18. The van der Waals surface area contributed by atoms with Crippen molar-refractivity contribution < 1.29 is 23.8 Å². The number of nitrogens with zero attached hydrogens (tertiary/aromatic N) is 3. The molecule has 10 nitrogen and oxygen atoms in total. The molecular weight excluding hydrogens is 476 g/mol. The predicted molar refractivity (Wildman–Crippen MR) is 138 cm³/mol. The molecule has 1 aliphatic heterocycles. The van der Waals surface area contributed by atoms with Gasteiger partial charge in [-0.25, -0.2) is 9.78 Å². The Morgan fingerprint density at radius 1 is 1.30 bits per heavy atom. The molecule has 1 atom stereocenters. The number of nitrogens with one attached hydrogen (secondary N) is 1. The van der Waals surface area contributed by atoms with Crippen LogP contribution in [0, 0.1) is 0 Å². The highest BCUT2D eigenvalue weighted by Gasteiger charge is 2.29. The first-order valence-corrected chi connectivity index (χ1v) is 12.2. The summed E-state index contributed by atoms with van der Waals surface area (Å²) in [5.41, 5.74) is 4.35. The number of hydrogen-bond acceptors (Lipinski definition) is 8. The fraction of sp³-hybridized carbons (Fsp3) is 0.407. The summed E-state index contributed by atoms with van der Waals surface area (Å²) in [5.74, 6) is 0. The van der Waals surface area contributed by atoms with Crippen LogP contribution in [0.5, 0.6) is 0 Å². The highest BCUT2D eigenvalue weighted by atomic mass is 16.6. The Morgan fingerprint density at radius 3 is 2.81 bits per heavy atom. The lowest BCUT2D eigenvalue weighted by Crippen LogP contribution is -2.31. The van der Waals surface area contributed by atoms with Gasteiger partial charge in [-0.05, 0) is 44.8 Å². The van der Waals surface area contributed by atoms with Crippen molar-refractivity contribution in [2.75, 3.05) is 41.0 Å². The van der Waals surface area contributed by atoms with E-state index in [1.807, 2.05) is 33.2 Å². The van der Waals surface area contributed by atoms with Gasteiger partial charge in [0.2, 0.25) is 0 Å². The Balaban J connectivity index is 1.74. The monoisotopic (exact) mass is 508 g/mol. The zero-order valence-electron chi connectivity index (χ0n) is 21.6. The van der Waals surface area contributed by atoms with Gasteiger partial charge in [-0.3, -0.25) is 9.59 Å². The second-order valence-electron chi connectivity index (χ2n) is 9.09. The molecule has 0 spiro atoms. The molecule has 10 heteroatoms. The van der Waals surface area contributed by atoms with Gasteiger partial charge in [0, 0.05) is 43.3 Å². The second kappa shape index (κ2) is 11.6. The molecule has 1 N–H and O–H groups in total. The van der Waals surface area contributed by atoms with E-state index in [4.69, 9.17) is 19.2 Å². The van der Waals surface area contributed by atoms with Gasteiger partial charge in [0.15, 0.2) is 12.4 Å². The summed E-state index contributed by atoms with van der Waals surface area (Å²) < 4.78 is 17.5. The molecule has 0 radical (unpaired) electrons. The van der Waals surface area contributed by atoms with E-state index < -0.39 is 12.2 Å². The summed E-state index contributed by atoms with van der Waals surface area (Å²) in [6, 6.07) is 9.77. The maximum Gasteiger partial charge on any atom is 0.408 e. The number of fused-ring (bicyclic) bond motifs is 4. The van der Waals surface area contributed by atoms with Crippen LogP contribution < -0.4 is 10.9 Å². The predicted octanol–water partition coefficient (Wildman–Crippen LogP) is 2.64. The normalized spacial score (nSPS) is 12.9. The zero-order chi connectivity index (χ0) is 26.5. The van der Waals surface area contributed by atoms with E-state index >= 15 is 0 Å². The average Bonchev–Trinajstić information content (AvgIpc) is 3.23. The summed E-state index contributed by atoms with van der Waals surface area (Å²) in [6.45, 7) is 4.00. The fourth-order valence-electron chi connectivity index (χ4n) is 4.59. The number of methoxy groups -OCH3 is 1. The van der Waals surface area contributed by atoms with Crippen molar-refractivity contribution in [1.82, 2.24) is 19.8 Å². The molecule has 1 unspecified atom stereocenters. The molecule has 0 aliphatic carbocycles. The van der Waals surface area contributed by atoms with Crippen LogP contribution in [0.4, 0.5) is 4.79 Å². The Morgan fingerprint density at radius 2 is 2.11 bits per heavy atom. The number of ether oxygens (including phenoxy) is 3. The van der Waals surface area contributed by atoms with Crippen LogP contribution in [-0.2, 0) is 38.7 Å². The van der Waals surface area contributed by atoms with Crippen LogP contribution >= 0.6 is 0 Å². The maximum atomic E-state index is 13.6. The minimum Gasteiger partial charge on any atom is -0.434 e. The van der Waals surface area contributed by atoms with Crippen molar-refractivity contribution >= 4 is 23.3 Å². The van der Waals surface area contributed by atoms with E-state index in [9.17, 15) is 14.4 Å². The van der Waals surface area contributed by atoms with E-state index in [2.05, 4.69) is 22.3 Å². The Hall–Kier alpha value is -3.60. The van der Waals surface area contributed by atoms with Crippen LogP contribution in [0.25, 0.3) is 22.3 Å². The van der Waals surface area contributed by atoms with Crippen molar-refractivity contribution in [2.45, 2.75) is 32.7 Å². The second-order valence-corrected chi connectivity index (χ2v) is 9.09. The molecule has 2 aromatic heterocycles. The average molecular weight is 509 g/mol. The van der Waals surface area contributed by atoms with Crippen LogP contribution in [0.3, 0.4) is 0 Å². The van der Waals surface area contributed by atoms with Crippen LogP contribution in [0.1, 0.15) is 35.3 Å². The number of hydrogen-bond donors (Lipinski definition) is 1. The van der Waals surface area contributed by atoms with Gasteiger partial charge in [-0.1, -0.05) is 12.1 Å². The molecule has 1 aliphatic rings. The fourth-order valence-corrected chi connectivity index (χ4v) is 4.59. The van der Waals surface area contributed by atoms with E-state index in [-0.39, 0.29) is 29.8 Å². The summed E-state index contributed by atoms with van der Waals surface area (Å²) in [7, 11) is 5.49. The Labute approximate surface area is 215 Å². The van der Waals surface area contributed by atoms with Gasteiger partial charge < -0.3 is 29.0 Å². The first-order valence-electron chi connectivity index (χ1n) is 12.2. The standard InChI is InChI=1S/C27H32N4O6/c1-5-36-10-9-28-27(34)37-24(15-32)20-12-23-25-18(14-31(23)26(33)21(20)16-35-4)11-19-17(13-30(2)3)7-6-8-22(19)29-25/h6-8,11-12,15,24H,5,9-10,13-14,16H2,1-4H3,(H,28,34). The van der Waals surface area contributed by atoms with Gasteiger partial charge in [0.25, 0.3) is 5.56 Å². The Kier molecular flexibility index (Phi) is 8.32. The lowest BCUT2D eigenvalue weighted by molar-refractivity contribution is -0.115. The third-order valence-corrected chi connectivity index (χ3v) is 6.19. The number of pyridine rings is 2. The van der Waals surface area contributed by atoms with Crippen molar-refractivity contribution in [1.29, 1.82) is 0 Å². The third-order valence-electron chi connectivity index (χ3n) is 6.19. The van der Waals surface area contributed by atoms with Crippen LogP contribution in [-0.4, -0.2) is 67.8 Å². The van der Waals surface area contributed by atoms with Crippen LogP contribution in [0.2, 0.25) is 0 Å². The summed E-state index contributed by atoms with van der Waals surface area (Å²) >= 11 is 0. The first kappa shape index (κ1) is 26.5. The molecule has 0 saturated heterocycles. The molecule has 3 aromatic rings. The zero-order valence-corrected chi connectivity index (χ0v) is 21.6. The number of amides is 1. The molecule has 0 fully saturated rings. The van der Waals surface area contributed by atoms with Crippen molar-refractivity contribution in [3.63, 3.8) is 0 Å².